The van der Waals surface area contributed by atoms with Gasteiger partial charge in [0.1, 0.15) is 18.2 Å². The number of ether oxygens (including phenoxy) is 1. The highest BCUT2D eigenvalue weighted by molar-refractivity contribution is 7.90. The van der Waals surface area contributed by atoms with Gasteiger partial charge in [0.25, 0.3) is 0 Å². The second-order valence-electron chi connectivity index (χ2n) is 8.14. The summed E-state index contributed by atoms with van der Waals surface area (Å²) in [4.78, 5) is 13.0. The number of carbonyl (C=O) groups excluding carboxylic acids is 1. The molecule has 0 spiro atoms. The molecule has 0 saturated carbocycles. The van der Waals surface area contributed by atoms with Crippen molar-refractivity contribution >= 4 is 18.5 Å². The van der Waals surface area contributed by atoms with Gasteiger partial charge in [-0.25, -0.2) is 4.79 Å². The Bertz CT molecular complexity index is 759. The van der Waals surface area contributed by atoms with Crippen LogP contribution in [0.15, 0.2) is 77.4 Å². The SMILES string of the molecule is CC(C)(C)OC(=O)C[P+](C1=CC=CCC1)(C1=CC=CCC1)c1ccccc1. The van der Waals surface area contributed by atoms with E-state index in [1.165, 1.54) is 15.9 Å². The van der Waals surface area contributed by atoms with Crippen LogP contribution in [0.3, 0.4) is 0 Å². The van der Waals surface area contributed by atoms with E-state index in [0.29, 0.717) is 6.16 Å². The van der Waals surface area contributed by atoms with Gasteiger partial charge in [0.05, 0.1) is 10.6 Å². The van der Waals surface area contributed by atoms with E-state index < -0.39 is 12.9 Å². The van der Waals surface area contributed by atoms with Crippen LogP contribution in [0.2, 0.25) is 0 Å². The molecule has 27 heavy (non-hydrogen) atoms. The van der Waals surface area contributed by atoms with E-state index in [0.717, 1.165) is 25.7 Å². The minimum atomic E-state index is -2.00. The molecule has 1 aromatic carbocycles. The summed E-state index contributed by atoms with van der Waals surface area (Å²) in [5, 5.41) is 4.13. The van der Waals surface area contributed by atoms with Crippen molar-refractivity contribution in [3.05, 3.63) is 77.4 Å². The van der Waals surface area contributed by atoms with Gasteiger partial charge in [-0.1, -0.05) is 42.5 Å². The standard InChI is InChI=1S/C24H30O2P/c1-24(2,3)26-23(25)19-27(20-13-7-4-8-14-20,21-15-9-5-10-16-21)22-17-11-6-12-18-22/h4-9,11,13-15,17H,10,12,16,18-19H2,1-3H3/q+1. The molecule has 0 aliphatic heterocycles. The predicted octanol–water partition coefficient (Wildman–Crippen LogP) is 6.14. The molecule has 1 aromatic rings. The Labute approximate surface area is 164 Å². The summed E-state index contributed by atoms with van der Waals surface area (Å²) in [5.41, 5.74) is -0.467. The number of rotatable bonds is 5. The lowest BCUT2D eigenvalue weighted by Gasteiger charge is -2.33. The summed E-state index contributed by atoms with van der Waals surface area (Å²) in [6.07, 6.45) is 17.8. The van der Waals surface area contributed by atoms with Crippen molar-refractivity contribution in [3.63, 3.8) is 0 Å². The lowest BCUT2D eigenvalue weighted by Crippen LogP contribution is -2.30. The van der Waals surface area contributed by atoms with E-state index >= 15 is 0 Å². The summed E-state index contributed by atoms with van der Waals surface area (Å²) < 4.78 is 5.79. The maximum absolute atomic E-state index is 13.0. The van der Waals surface area contributed by atoms with E-state index in [4.69, 9.17) is 4.74 Å². The Morgan fingerprint density at radius 2 is 1.52 bits per heavy atom. The van der Waals surface area contributed by atoms with Gasteiger partial charge in [-0.15, -0.1) is 0 Å². The fourth-order valence-corrected chi connectivity index (χ4v) is 8.33. The van der Waals surface area contributed by atoms with E-state index in [1.807, 2.05) is 20.8 Å². The summed E-state index contributed by atoms with van der Waals surface area (Å²) in [6, 6.07) is 10.7. The fraction of sp³-hybridized carbons (Fsp3) is 0.375. The van der Waals surface area contributed by atoms with Crippen LogP contribution in [0.25, 0.3) is 0 Å². The number of carbonyl (C=O) groups is 1. The first-order valence-electron chi connectivity index (χ1n) is 9.80. The number of allylic oxidation sites excluding steroid dienone is 8. The molecule has 0 heterocycles. The Morgan fingerprint density at radius 1 is 0.963 bits per heavy atom. The second-order valence-corrected chi connectivity index (χ2v) is 11.7. The van der Waals surface area contributed by atoms with Crippen LogP contribution in [0, 0.1) is 0 Å². The van der Waals surface area contributed by atoms with Crippen LogP contribution in [0.4, 0.5) is 0 Å². The van der Waals surface area contributed by atoms with Gasteiger partial charge in [-0.3, -0.25) is 0 Å². The Balaban J connectivity index is 2.14. The molecule has 2 aliphatic rings. The summed E-state index contributed by atoms with van der Waals surface area (Å²) >= 11 is 0. The molecule has 3 heteroatoms. The van der Waals surface area contributed by atoms with E-state index in [9.17, 15) is 4.79 Å². The largest absolute Gasteiger partial charge is 0.457 e. The third-order valence-corrected chi connectivity index (χ3v) is 9.57. The number of hydrogen-bond acceptors (Lipinski definition) is 2. The van der Waals surface area contributed by atoms with Gasteiger partial charge >= 0.3 is 5.97 Å². The molecular formula is C24H30O2P+. The first kappa shape index (κ1) is 19.8. The van der Waals surface area contributed by atoms with Crippen molar-refractivity contribution in [2.24, 2.45) is 0 Å². The van der Waals surface area contributed by atoms with Crippen molar-refractivity contribution in [1.29, 1.82) is 0 Å². The molecular weight excluding hydrogens is 351 g/mol. The zero-order valence-electron chi connectivity index (χ0n) is 16.7. The smallest absolute Gasteiger partial charge is 0.345 e. The molecule has 2 nitrogen and oxygen atoms in total. The minimum absolute atomic E-state index is 0.0920. The van der Waals surface area contributed by atoms with Crippen molar-refractivity contribution in [3.8, 4) is 0 Å². The quantitative estimate of drug-likeness (QED) is 0.452. The molecule has 0 bridgehead atoms. The summed E-state index contributed by atoms with van der Waals surface area (Å²) in [6.45, 7) is 5.83. The van der Waals surface area contributed by atoms with Crippen molar-refractivity contribution in [1.82, 2.24) is 0 Å². The topological polar surface area (TPSA) is 26.3 Å². The van der Waals surface area contributed by atoms with Crippen LogP contribution >= 0.6 is 7.26 Å². The lowest BCUT2D eigenvalue weighted by atomic mass is 10.2. The van der Waals surface area contributed by atoms with Crippen LogP contribution in [-0.4, -0.2) is 17.7 Å². The van der Waals surface area contributed by atoms with Crippen molar-refractivity contribution in [2.45, 2.75) is 52.1 Å². The average molecular weight is 381 g/mol. The van der Waals surface area contributed by atoms with Crippen LogP contribution in [0.5, 0.6) is 0 Å². The Hall–Kier alpha value is -1.92. The van der Waals surface area contributed by atoms with E-state index in [2.05, 4.69) is 66.8 Å². The third kappa shape index (κ3) is 4.68. The summed E-state index contributed by atoms with van der Waals surface area (Å²) in [5.74, 6) is -0.0920. The van der Waals surface area contributed by atoms with Crippen LogP contribution in [-0.2, 0) is 9.53 Å². The molecule has 0 saturated heterocycles. The van der Waals surface area contributed by atoms with Gasteiger partial charge < -0.3 is 4.74 Å². The number of hydrogen-bond donors (Lipinski definition) is 0. The molecule has 142 valence electrons. The van der Waals surface area contributed by atoms with Gasteiger partial charge in [-0.05, 0) is 57.9 Å². The highest BCUT2D eigenvalue weighted by Gasteiger charge is 2.50. The molecule has 0 amide bonds. The third-order valence-electron chi connectivity index (χ3n) is 4.95. The van der Waals surface area contributed by atoms with Gasteiger partial charge in [0.15, 0.2) is 6.16 Å². The fourth-order valence-electron chi connectivity index (χ4n) is 3.88. The molecule has 0 atom stereocenters. The van der Waals surface area contributed by atoms with Crippen LogP contribution < -0.4 is 5.30 Å². The average Bonchev–Trinajstić information content (AvgIpc) is 2.67. The molecule has 0 unspecified atom stereocenters. The van der Waals surface area contributed by atoms with E-state index in [-0.39, 0.29) is 5.97 Å². The maximum atomic E-state index is 13.0. The predicted molar refractivity (Wildman–Crippen MR) is 117 cm³/mol. The van der Waals surface area contributed by atoms with Gasteiger partial charge in [0.2, 0.25) is 0 Å². The highest BCUT2D eigenvalue weighted by atomic mass is 31.2. The van der Waals surface area contributed by atoms with Crippen molar-refractivity contribution < 1.29 is 9.53 Å². The number of esters is 1. The van der Waals surface area contributed by atoms with Crippen LogP contribution in [0.1, 0.15) is 46.5 Å². The van der Waals surface area contributed by atoms with E-state index in [1.54, 1.807) is 0 Å². The maximum Gasteiger partial charge on any atom is 0.345 e. The summed E-state index contributed by atoms with van der Waals surface area (Å²) in [7, 11) is -2.00. The van der Waals surface area contributed by atoms with Crippen molar-refractivity contribution in [2.75, 3.05) is 6.16 Å². The van der Waals surface area contributed by atoms with Gasteiger partial charge in [-0.2, -0.15) is 0 Å². The van der Waals surface area contributed by atoms with Gasteiger partial charge in [0, 0.05) is 12.8 Å². The zero-order chi connectivity index (χ0) is 19.3. The molecule has 2 aliphatic carbocycles. The molecule has 0 fully saturated rings. The first-order valence-corrected chi connectivity index (χ1v) is 11.8. The first-order chi connectivity index (χ1) is 12.9. The Morgan fingerprint density at radius 3 is 1.96 bits per heavy atom. The Kier molecular flexibility index (Phi) is 6.17. The normalized spacial score (nSPS) is 17.3. The molecule has 0 aromatic heterocycles. The molecule has 0 radical (unpaired) electrons. The number of benzene rings is 1. The second kappa shape index (κ2) is 8.40. The zero-order valence-corrected chi connectivity index (χ0v) is 17.5. The highest BCUT2D eigenvalue weighted by Crippen LogP contribution is 2.73. The monoisotopic (exact) mass is 381 g/mol. The lowest BCUT2D eigenvalue weighted by molar-refractivity contribution is -0.151. The molecule has 0 N–H and O–H groups in total. The minimum Gasteiger partial charge on any atom is -0.457 e. The molecule has 3 rings (SSSR count).